The maximum atomic E-state index is 10.7. The Labute approximate surface area is 166 Å². The van der Waals surface area contributed by atoms with Crippen molar-refractivity contribution in [1.82, 2.24) is 0 Å². The second kappa shape index (κ2) is 9.84. The Morgan fingerprint density at radius 2 is 1.64 bits per heavy atom. The van der Waals surface area contributed by atoms with Crippen LogP contribution in [0.1, 0.15) is 32.6 Å². The van der Waals surface area contributed by atoms with E-state index in [4.69, 9.17) is 17.7 Å². The molecule has 2 aromatic carbocycles. The normalized spacial score (nSPS) is 15.3. The number of unbranched alkanes of at least 4 members (excludes halogenated alkanes) is 1. The average molecular weight is 437 g/mol. The van der Waals surface area contributed by atoms with Gasteiger partial charge in [0.15, 0.2) is 15.0 Å². The Morgan fingerprint density at radius 1 is 1.07 bits per heavy atom. The van der Waals surface area contributed by atoms with E-state index in [1.54, 1.807) is 4.90 Å². The summed E-state index contributed by atoms with van der Waals surface area (Å²) in [5.74, 6) is 3.79. The zero-order valence-corrected chi connectivity index (χ0v) is 17.1. The Hall–Kier alpha value is -1.45. The van der Waals surface area contributed by atoms with Crippen LogP contribution in [-0.4, -0.2) is 36.6 Å². The molecule has 3 rings (SSSR count). The maximum absolute atomic E-state index is 10.7. The number of rotatable bonds is 5. The first kappa shape index (κ1) is 22.8. The van der Waals surface area contributed by atoms with Crippen LogP contribution in [0.25, 0.3) is 10.8 Å². The molecule has 0 aliphatic carbocycles. The molecule has 0 bridgehead atoms. The van der Waals surface area contributed by atoms with E-state index < -0.39 is 15.6 Å². The topological polar surface area (TPSA) is 66.4 Å². The van der Waals surface area contributed by atoms with Crippen molar-refractivity contribution < 1.29 is 30.9 Å². The lowest BCUT2D eigenvalue weighted by Crippen LogP contribution is -2.21. The molecule has 4 nitrogen and oxygen atoms in total. The maximum Gasteiger partial charge on any atom is 0.485 e. The molecule has 9 heteroatoms. The van der Waals surface area contributed by atoms with Gasteiger partial charge in [0, 0.05) is 17.0 Å². The van der Waals surface area contributed by atoms with Crippen LogP contribution in [0.3, 0.4) is 0 Å². The van der Waals surface area contributed by atoms with Gasteiger partial charge in [-0.2, -0.15) is 13.2 Å². The summed E-state index contributed by atoms with van der Waals surface area (Å²) < 4.78 is 64.7. The van der Waals surface area contributed by atoms with Gasteiger partial charge in [-0.05, 0) is 54.3 Å². The molecule has 0 amide bonds. The molecule has 156 valence electrons. The Bertz CT molecular complexity index is 876. The third kappa shape index (κ3) is 6.56. The van der Waals surface area contributed by atoms with E-state index >= 15 is 0 Å². The van der Waals surface area contributed by atoms with Crippen LogP contribution in [0.2, 0.25) is 0 Å². The first-order valence-electron chi connectivity index (χ1n) is 8.98. The van der Waals surface area contributed by atoms with Crippen molar-refractivity contribution in [3.8, 4) is 5.75 Å². The van der Waals surface area contributed by atoms with Gasteiger partial charge in [0.2, 0.25) is 0 Å². The van der Waals surface area contributed by atoms with Crippen LogP contribution in [-0.2, 0) is 21.0 Å². The van der Waals surface area contributed by atoms with Gasteiger partial charge in [-0.1, -0.05) is 19.4 Å². The fourth-order valence-electron chi connectivity index (χ4n) is 2.70. The average Bonchev–Trinajstić information content (AvgIpc) is 3.15. The van der Waals surface area contributed by atoms with E-state index in [1.807, 2.05) is 0 Å². The number of alkyl halides is 3. The highest BCUT2D eigenvalue weighted by Crippen LogP contribution is 2.28. The number of hydrogen-bond donors (Lipinski definition) is 0. The van der Waals surface area contributed by atoms with Gasteiger partial charge in [-0.15, -0.1) is 0 Å². The lowest BCUT2D eigenvalue weighted by molar-refractivity contribution is -0.0517. The highest BCUT2D eigenvalue weighted by atomic mass is 32.2. The van der Waals surface area contributed by atoms with Crippen molar-refractivity contribution in [2.75, 3.05) is 18.1 Å². The summed E-state index contributed by atoms with van der Waals surface area (Å²) in [7, 11) is -5.58. The molecule has 0 saturated carbocycles. The molecule has 0 spiro atoms. The minimum atomic E-state index is -6.09. The van der Waals surface area contributed by atoms with Gasteiger partial charge in [0.05, 0.1) is 6.61 Å². The molecule has 1 aliphatic heterocycles. The highest BCUT2D eigenvalue weighted by molar-refractivity contribution is 7.97. The predicted octanol–water partition coefficient (Wildman–Crippen LogP) is 4.84. The zero-order chi connectivity index (χ0) is 20.8. The van der Waals surface area contributed by atoms with Crippen LogP contribution in [0.5, 0.6) is 5.75 Å². The molecule has 0 atom stereocenters. The second-order valence-corrected chi connectivity index (χ2v) is 10.0. The number of fused-ring (bicyclic) bond motifs is 1. The van der Waals surface area contributed by atoms with Crippen LogP contribution in [0.15, 0.2) is 41.3 Å². The summed E-state index contributed by atoms with van der Waals surface area (Å²) in [6, 6.07) is 13.5. The van der Waals surface area contributed by atoms with E-state index in [1.165, 1.54) is 41.5 Å². The van der Waals surface area contributed by atoms with Crippen molar-refractivity contribution in [2.45, 2.75) is 43.0 Å². The summed E-state index contributed by atoms with van der Waals surface area (Å²) in [6.07, 6.45) is 5.12. The Balaban J connectivity index is 0.000000300. The second-order valence-electron chi connectivity index (χ2n) is 6.38. The number of ether oxygens (including phenoxy) is 1. The zero-order valence-electron chi connectivity index (χ0n) is 15.5. The standard InChI is InChI=1S/C18H23OS.CHF3O3S/c1-2-3-10-19-17-8-6-16-14-18(9-7-15(16)13-17)20-11-4-5-12-20;2-1(3,4)8(5,6)7/h6-9,13-14H,2-5,10-12H2,1H3;(H,5,6,7)/q+1;/p-1. The molecule has 1 aliphatic rings. The van der Waals surface area contributed by atoms with E-state index in [-0.39, 0.29) is 0 Å². The summed E-state index contributed by atoms with van der Waals surface area (Å²) in [5.41, 5.74) is -5.65. The van der Waals surface area contributed by atoms with E-state index in [0.29, 0.717) is 10.9 Å². The van der Waals surface area contributed by atoms with Crippen LogP contribution >= 0.6 is 0 Å². The van der Waals surface area contributed by atoms with Gasteiger partial charge in [0.25, 0.3) is 0 Å². The van der Waals surface area contributed by atoms with Crippen molar-refractivity contribution in [1.29, 1.82) is 0 Å². The molecule has 0 unspecified atom stereocenters. The molecule has 1 heterocycles. The van der Waals surface area contributed by atoms with Crippen LogP contribution in [0, 0.1) is 0 Å². The summed E-state index contributed by atoms with van der Waals surface area (Å²) in [5, 5.41) is 2.65. The smallest absolute Gasteiger partial charge is 0.485 e. The first-order valence-corrected chi connectivity index (χ1v) is 11.9. The molecule has 0 aromatic heterocycles. The molecule has 28 heavy (non-hydrogen) atoms. The highest BCUT2D eigenvalue weighted by Gasteiger charge is 2.36. The van der Waals surface area contributed by atoms with E-state index in [2.05, 4.69) is 43.3 Å². The molecular weight excluding hydrogens is 413 g/mol. The fourth-order valence-corrected chi connectivity index (χ4v) is 5.03. The minimum absolute atomic E-state index is 0.511. The molecule has 1 saturated heterocycles. The minimum Gasteiger partial charge on any atom is -0.741 e. The molecular formula is C19H23F3O4S2. The van der Waals surface area contributed by atoms with Crippen LogP contribution in [0.4, 0.5) is 13.2 Å². The molecule has 1 fully saturated rings. The quantitative estimate of drug-likeness (QED) is 0.291. The van der Waals surface area contributed by atoms with Gasteiger partial charge in [-0.3, -0.25) is 0 Å². The third-order valence-corrected chi connectivity index (χ3v) is 7.25. The first-order chi connectivity index (χ1) is 13.1. The van der Waals surface area contributed by atoms with E-state index in [0.717, 1.165) is 18.8 Å². The fraction of sp³-hybridized carbons (Fsp3) is 0.474. The Morgan fingerprint density at radius 3 is 2.21 bits per heavy atom. The van der Waals surface area contributed by atoms with Crippen molar-refractivity contribution in [2.24, 2.45) is 0 Å². The van der Waals surface area contributed by atoms with Crippen LogP contribution < -0.4 is 4.74 Å². The van der Waals surface area contributed by atoms with Gasteiger partial charge >= 0.3 is 5.51 Å². The molecule has 0 radical (unpaired) electrons. The summed E-state index contributed by atoms with van der Waals surface area (Å²) >= 11 is 0. The monoisotopic (exact) mass is 436 g/mol. The van der Waals surface area contributed by atoms with Crippen molar-refractivity contribution >= 4 is 31.8 Å². The van der Waals surface area contributed by atoms with Gasteiger partial charge in [0.1, 0.15) is 17.3 Å². The molecule has 2 aromatic rings. The van der Waals surface area contributed by atoms with Crippen molar-refractivity contribution in [3.63, 3.8) is 0 Å². The number of halogens is 3. The van der Waals surface area contributed by atoms with Crippen molar-refractivity contribution in [3.05, 3.63) is 36.4 Å². The number of hydrogen-bond acceptors (Lipinski definition) is 4. The number of benzene rings is 2. The predicted molar refractivity (Wildman–Crippen MR) is 105 cm³/mol. The summed E-state index contributed by atoms with van der Waals surface area (Å²) in [6.45, 7) is 3.01. The lowest BCUT2D eigenvalue weighted by atomic mass is 10.1. The largest absolute Gasteiger partial charge is 0.741 e. The SMILES string of the molecule is CCCCOc1ccc2cc([S+]3CCCC3)ccc2c1.O=S(=O)([O-])C(F)(F)F. The van der Waals surface area contributed by atoms with Gasteiger partial charge < -0.3 is 9.29 Å². The summed E-state index contributed by atoms with van der Waals surface area (Å²) in [4.78, 5) is 1.55. The Kier molecular flexibility index (Phi) is 8.03. The van der Waals surface area contributed by atoms with E-state index in [9.17, 15) is 13.2 Å². The van der Waals surface area contributed by atoms with Gasteiger partial charge in [-0.25, -0.2) is 8.42 Å². The lowest BCUT2D eigenvalue weighted by Gasteiger charge is -2.08. The molecule has 0 N–H and O–H groups in total. The third-order valence-electron chi connectivity index (χ3n) is 4.20.